The van der Waals surface area contributed by atoms with E-state index in [1.807, 2.05) is 18.2 Å². The van der Waals surface area contributed by atoms with Gasteiger partial charge in [-0.15, -0.1) is 0 Å². The topological polar surface area (TPSA) is 55.8 Å². The minimum Gasteiger partial charge on any atom is -0.368 e. The highest BCUT2D eigenvalue weighted by atomic mass is 16.5. The van der Waals surface area contributed by atoms with Crippen molar-refractivity contribution in [3.63, 3.8) is 0 Å². The lowest BCUT2D eigenvalue weighted by molar-refractivity contribution is -0.124. The number of hydroxylamine groups is 1. The van der Waals surface area contributed by atoms with E-state index < -0.39 is 5.91 Å². The lowest BCUT2D eigenvalue weighted by Gasteiger charge is -2.36. The Balaban J connectivity index is 1.89. The number of unbranched alkanes of at least 4 members (excludes halogenated alkanes) is 3. The van der Waals surface area contributed by atoms with Crippen LogP contribution >= 0.6 is 0 Å². The Morgan fingerprint density at radius 2 is 1.92 bits per heavy atom. The van der Waals surface area contributed by atoms with Gasteiger partial charge in [-0.3, -0.25) is 14.9 Å². The second kappa shape index (κ2) is 10.1. The van der Waals surface area contributed by atoms with Crippen molar-refractivity contribution in [2.75, 3.05) is 37.6 Å². The van der Waals surface area contributed by atoms with Gasteiger partial charge in [-0.1, -0.05) is 44.4 Å². The van der Waals surface area contributed by atoms with Crippen LogP contribution in [-0.2, 0) is 4.79 Å². The molecule has 0 bridgehead atoms. The van der Waals surface area contributed by atoms with E-state index in [9.17, 15) is 4.79 Å². The number of para-hydroxylation sites is 1. The van der Waals surface area contributed by atoms with Crippen LogP contribution in [0.5, 0.6) is 0 Å². The molecule has 5 heteroatoms. The van der Waals surface area contributed by atoms with E-state index in [-0.39, 0.29) is 0 Å². The first-order valence-corrected chi connectivity index (χ1v) is 8.93. The molecule has 1 aliphatic rings. The molecule has 5 nitrogen and oxygen atoms in total. The summed E-state index contributed by atoms with van der Waals surface area (Å²) in [6.45, 7) is 7.62. The molecule has 1 amide bonds. The standard InChI is InChI=1S/C19H29N3O2/c1-2-3-4-7-12-21-13-15-22(16-14-21)18-9-6-5-8-17(18)10-11-19(23)20-24/h5-6,8-11,24H,2-4,7,12-16H2,1H3,(H,20,23)/b11-10+. The molecule has 0 spiro atoms. The number of nitrogens with one attached hydrogen (secondary N) is 1. The third-order valence-electron chi connectivity index (χ3n) is 4.50. The second-order valence-corrected chi connectivity index (χ2v) is 6.26. The summed E-state index contributed by atoms with van der Waals surface area (Å²) in [6.07, 6.45) is 8.34. The summed E-state index contributed by atoms with van der Waals surface area (Å²) in [4.78, 5) is 16.1. The third kappa shape index (κ3) is 5.65. The molecule has 2 N–H and O–H groups in total. The Hall–Kier alpha value is -1.85. The molecule has 1 heterocycles. The molecule has 0 radical (unpaired) electrons. The fraction of sp³-hybridized carbons (Fsp3) is 0.526. The van der Waals surface area contributed by atoms with Gasteiger partial charge >= 0.3 is 0 Å². The van der Waals surface area contributed by atoms with E-state index in [0.717, 1.165) is 37.4 Å². The first-order chi connectivity index (χ1) is 11.7. The van der Waals surface area contributed by atoms with Gasteiger partial charge in [0.25, 0.3) is 5.91 Å². The number of hydrogen-bond acceptors (Lipinski definition) is 4. The molecule has 0 atom stereocenters. The van der Waals surface area contributed by atoms with Crippen molar-refractivity contribution in [3.05, 3.63) is 35.9 Å². The minimum atomic E-state index is -0.512. The van der Waals surface area contributed by atoms with Crippen LogP contribution in [0.1, 0.15) is 38.2 Å². The van der Waals surface area contributed by atoms with Crippen molar-refractivity contribution in [1.29, 1.82) is 0 Å². The number of anilines is 1. The summed E-state index contributed by atoms with van der Waals surface area (Å²) in [6, 6.07) is 8.07. The number of carbonyl (C=O) groups is 1. The van der Waals surface area contributed by atoms with Gasteiger partial charge in [0.15, 0.2) is 0 Å². The van der Waals surface area contributed by atoms with Gasteiger partial charge in [0.2, 0.25) is 0 Å². The molecule has 2 rings (SSSR count). The zero-order chi connectivity index (χ0) is 17.2. The summed E-state index contributed by atoms with van der Waals surface area (Å²) in [5, 5.41) is 8.60. The third-order valence-corrected chi connectivity index (χ3v) is 4.50. The fourth-order valence-electron chi connectivity index (χ4n) is 3.09. The van der Waals surface area contributed by atoms with Crippen LogP contribution in [-0.4, -0.2) is 48.7 Å². The second-order valence-electron chi connectivity index (χ2n) is 6.26. The predicted molar refractivity (Wildman–Crippen MR) is 98.2 cm³/mol. The van der Waals surface area contributed by atoms with Crippen molar-refractivity contribution in [3.8, 4) is 0 Å². The predicted octanol–water partition coefficient (Wildman–Crippen LogP) is 2.91. The lowest BCUT2D eigenvalue weighted by Crippen LogP contribution is -2.46. The van der Waals surface area contributed by atoms with Gasteiger partial charge in [-0.2, -0.15) is 0 Å². The summed E-state index contributed by atoms with van der Waals surface area (Å²) in [5.41, 5.74) is 3.76. The van der Waals surface area contributed by atoms with Crippen LogP contribution in [0.4, 0.5) is 5.69 Å². The van der Waals surface area contributed by atoms with E-state index in [2.05, 4.69) is 22.8 Å². The van der Waals surface area contributed by atoms with Crippen molar-refractivity contribution in [2.45, 2.75) is 32.6 Å². The van der Waals surface area contributed by atoms with Gasteiger partial charge < -0.3 is 4.90 Å². The summed E-state index contributed by atoms with van der Waals surface area (Å²) < 4.78 is 0. The molecule has 1 aromatic carbocycles. The molecule has 0 unspecified atom stereocenters. The molecule has 24 heavy (non-hydrogen) atoms. The number of hydrogen-bond donors (Lipinski definition) is 2. The van der Waals surface area contributed by atoms with Crippen LogP contribution in [0.3, 0.4) is 0 Å². The van der Waals surface area contributed by atoms with Crippen LogP contribution in [0.25, 0.3) is 6.08 Å². The molecule has 1 aromatic rings. The Morgan fingerprint density at radius 3 is 2.62 bits per heavy atom. The van der Waals surface area contributed by atoms with Crippen LogP contribution in [0.2, 0.25) is 0 Å². The maximum Gasteiger partial charge on any atom is 0.267 e. The average molecular weight is 331 g/mol. The average Bonchev–Trinajstić information content (AvgIpc) is 2.64. The highest BCUT2D eigenvalue weighted by molar-refractivity contribution is 5.91. The number of rotatable bonds is 8. The van der Waals surface area contributed by atoms with Gasteiger partial charge in [-0.05, 0) is 30.7 Å². The van der Waals surface area contributed by atoms with E-state index in [1.165, 1.54) is 38.3 Å². The van der Waals surface area contributed by atoms with Gasteiger partial charge in [0.05, 0.1) is 0 Å². The minimum absolute atomic E-state index is 0.512. The van der Waals surface area contributed by atoms with E-state index in [4.69, 9.17) is 5.21 Å². The number of piperazine rings is 1. The lowest BCUT2D eigenvalue weighted by atomic mass is 10.1. The Kier molecular flexibility index (Phi) is 7.79. The maximum atomic E-state index is 11.2. The molecule has 1 saturated heterocycles. The first kappa shape index (κ1) is 18.5. The van der Waals surface area contributed by atoms with Crippen LogP contribution < -0.4 is 10.4 Å². The van der Waals surface area contributed by atoms with Crippen molar-refractivity contribution >= 4 is 17.7 Å². The van der Waals surface area contributed by atoms with Crippen LogP contribution in [0.15, 0.2) is 30.3 Å². The Morgan fingerprint density at radius 1 is 1.17 bits per heavy atom. The highest BCUT2D eigenvalue weighted by Gasteiger charge is 2.18. The molecular weight excluding hydrogens is 302 g/mol. The first-order valence-electron chi connectivity index (χ1n) is 8.93. The number of amides is 1. The zero-order valence-corrected chi connectivity index (χ0v) is 14.6. The molecule has 0 saturated carbocycles. The monoisotopic (exact) mass is 331 g/mol. The van der Waals surface area contributed by atoms with Crippen molar-refractivity contribution in [2.24, 2.45) is 0 Å². The molecule has 0 aromatic heterocycles. The molecule has 0 aliphatic carbocycles. The van der Waals surface area contributed by atoms with Crippen LogP contribution in [0, 0.1) is 0 Å². The quantitative estimate of drug-likeness (QED) is 0.333. The molecule has 1 aliphatic heterocycles. The molecule has 1 fully saturated rings. The highest BCUT2D eigenvalue weighted by Crippen LogP contribution is 2.23. The number of nitrogens with zero attached hydrogens (tertiary/aromatic N) is 2. The largest absolute Gasteiger partial charge is 0.368 e. The summed E-state index contributed by atoms with van der Waals surface area (Å²) >= 11 is 0. The number of carbonyl (C=O) groups excluding carboxylic acids is 1. The van der Waals surface area contributed by atoms with Crippen molar-refractivity contribution < 1.29 is 10.0 Å². The van der Waals surface area contributed by atoms with E-state index in [1.54, 1.807) is 11.6 Å². The number of benzene rings is 1. The molecule has 132 valence electrons. The van der Waals surface area contributed by atoms with Gasteiger partial charge in [0, 0.05) is 37.9 Å². The SMILES string of the molecule is CCCCCCN1CCN(c2ccccc2/C=C/C(=O)NO)CC1. The zero-order valence-electron chi connectivity index (χ0n) is 14.6. The van der Waals surface area contributed by atoms with Crippen molar-refractivity contribution in [1.82, 2.24) is 10.4 Å². The summed E-state index contributed by atoms with van der Waals surface area (Å²) in [7, 11) is 0. The van der Waals surface area contributed by atoms with E-state index in [0.29, 0.717) is 0 Å². The smallest absolute Gasteiger partial charge is 0.267 e. The fourth-order valence-corrected chi connectivity index (χ4v) is 3.09. The molecular formula is C19H29N3O2. The normalized spacial score (nSPS) is 15.8. The van der Waals surface area contributed by atoms with Gasteiger partial charge in [0.1, 0.15) is 0 Å². The Labute approximate surface area is 144 Å². The summed E-state index contributed by atoms with van der Waals surface area (Å²) in [5.74, 6) is -0.512. The maximum absolute atomic E-state index is 11.2. The Bertz CT molecular complexity index is 537. The van der Waals surface area contributed by atoms with Gasteiger partial charge in [-0.25, -0.2) is 5.48 Å². The van der Waals surface area contributed by atoms with E-state index >= 15 is 0 Å².